The van der Waals surface area contributed by atoms with Crippen molar-refractivity contribution in [2.75, 3.05) is 0 Å². The van der Waals surface area contributed by atoms with Crippen molar-refractivity contribution < 1.29 is 4.42 Å². The van der Waals surface area contributed by atoms with Crippen LogP contribution in [0.1, 0.15) is 5.56 Å². The Labute approximate surface area is 170 Å². The highest BCUT2D eigenvalue weighted by molar-refractivity contribution is 6.04. The Balaban J connectivity index is 1.71. The van der Waals surface area contributed by atoms with Crippen molar-refractivity contribution in [2.45, 2.75) is 6.92 Å². The van der Waals surface area contributed by atoms with Crippen molar-refractivity contribution >= 4 is 50.0 Å². The molecule has 0 fully saturated rings. The van der Waals surface area contributed by atoms with Gasteiger partial charge in [-0.15, -0.1) is 0 Å². The molecule has 0 aliphatic carbocycles. The van der Waals surface area contributed by atoms with E-state index in [1.165, 1.54) is 0 Å². The predicted octanol–water partition coefficient (Wildman–Crippen LogP) is 5.43. The maximum atomic E-state index is 6.33. The third-order valence-electron chi connectivity index (χ3n) is 5.76. The van der Waals surface area contributed by atoms with E-state index in [0.29, 0.717) is 5.58 Å². The van der Waals surface area contributed by atoms with Crippen LogP contribution in [-0.2, 0) is 0 Å². The van der Waals surface area contributed by atoms with Crippen LogP contribution in [0.5, 0.6) is 0 Å². The van der Waals surface area contributed by atoms with E-state index < -0.39 is 0 Å². The van der Waals surface area contributed by atoms with Gasteiger partial charge in [0.25, 0.3) is 0 Å². The van der Waals surface area contributed by atoms with E-state index in [2.05, 4.69) is 43.2 Å². The van der Waals surface area contributed by atoms with Crippen molar-refractivity contribution in [2.24, 2.45) is 0 Å². The molecule has 0 saturated heterocycles. The van der Waals surface area contributed by atoms with Gasteiger partial charge in [0.15, 0.2) is 11.2 Å². The minimum Gasteiger partial charge on any atom is -0.450 e. The summed E-state index contributed by atoms with van der Waals surface area (Å²) in [6.45, 7) is 2.02. The Bertz CT molecular complexity index is 1770. The lowest BCUT2D eigenvalue weighted by molar-refractivity contribution is 0.661. The normalized spacial score (nSPS) is 12.2. The highest BCUT2D eigenvalue weighted by Gasteiger charge is 2.21. The van der Waals surface area contributed by atoms with Crippen LogP contribution in [0.3, 0.4) is 0 Å². The molecule has 0 radical (unpaired) electrons. The number of para-hydroxylation sites is 4. The molecule has 5 aromatic heterocycles. The van der Waals surface area contributed by atoms with Crippen molar-refractivity contribution in [3.63, 3.8) is 0 Å². The molecule has 0 aliphatic rings. The van der Waals surface area contributed by atoms with Gasteiger partial charge in [0, 0.05) is 12.4 Å². The van der Waals surface area contributed by atoms with Crippen LogP contribution < -0.4 is 0 Å². The number of benzene rings is 2. The van der Waals surface area contributed by atoms with Crippen LogP contribution in [0.15, 0.2) is 77.5 Å². The summed E-state index contributed by atoms with van der Waals surface area (Å²) in [5.74, 6) is 0.843. The Kier molecular flexibility index (Phi) is 2.85. The number of hydrogen-bond acceptors (Lipinski definition) is 4. The average Bonchev–Trinajstić information content (AvgIpc) is 3.43. The topological polar surface area (TPSA) is 61.2 Å². The first-order valence-corrected chi connectivity index (χ1v) is 9.81. The minimum absolute atomic E-state index is 0.713. The standard InChI is InChI=1S/C24H15N5O/c1-14-10-12-25-20-21-23(30-22(14)20)19(11-13-26-21)29-18-9-5-4-8-17(18)28-16-7-3-2-6-15(16)27-24(28)29/h2-13H,1H3. The molecule has 0 saturated carbocycles. The zero-order valence-electron chi connectivity index (χ0n) is 16.1. The van der Waals surface area contributed by atoms with Gasteiger partial charge in [0.1, 0.15) is 11.0 Å². The molecule has 0 amide bonds. The fraction of sp³-hybridized carbons (Fsp3) is 0.0417. The molecule has 30 heavy (non-hydrogen) atoms. The third-order valence-corrected chi connectivity index (χ3v) is 5.76. The van der Waals surface area contributed by atoms with Gasteiger partial charge in [-0.2, -0.15) is 0 Å². The van der Waals surface area contributed by atoms with E-state index in [1.54, 1.807) is 6.20 Å². The molecule has 5 heterocycles. The molecule has 0 N–H and O–H groups in total. The van der Waals surface area contributed by atoms with Gasteiger partial charge in [0.05, 0.1) is 27.8 Å². The van der Waals surface area contributed by atoms with E-state index in [1.807, 2.05) is 49.5 Å². The van der Waals surface area contributed by atoms with E-state index >= 15 is 0 Å². The molecule has 6 nitrogen and oxygen atoms in total. The maximum Gasteiger partial charge on any atom is 0.220 e. The smallest absolute Gasteiger partial charge is 0.220 e. The van der Waals surface area contributed by atoms with Crippen LogP contribution in [-0.4, -0.2) is 23.9 Å². The van der Waals surface area contributed by atoms with E-state index in [4.69, 9.17) is 9.40 Å². The summed E-state index contributed by atoms with van der Waals surface area (Å²) < 4.78 is 10.7. The second-order valence-electron chi connectivity index (χ2n) is 7.48. The number of furan rings is 1. The van der Waals surface area contributed by atoms with Crippen molar-refractivity contribution in [3.8, 4) is 5.69 Å². The van der Waals surface area contributed by atoms with Crippen LogP contribution in [0.2, 0.25) is 0 Å². The summed E-state index contributed by atoms with van der Waals surface area (Å²) >= 11 is 0. The highest BCUT2D eigenvalue weighted by atomic mass is 16.3. The van der Waals surface area contributed by atoms with Crippen molar-refractivity contribution in [3.05, 3.63) is 78.6 Å². The predicted molar refractivity (Wildman–Crippen MR) is 117 cm³/mol. The molecule has 142 valence electrons. The summed E-state index contributed by atoms with van der Waals surface area (Å²) in [5, 5.41) is 0. The summed E-state index contributed by atoms with van der Waals surface area (Å²) in [4.78, 5) is 14.1. The second-order valence-corrected chi connectivity index (χ2v) is 7.48. The van der Waals surface area contributed by atoms with Gasteiger partial charge < -0.3 is 4.42 Å². The zero-order valence-corrected chi connectivity index (χ0v) is 16.1. The lowest BCUT2D eigenvalue weighted by Gasteiger charge is -2.05. The first-order valence-electron chi connectivity index (χ1n) is 9.81. The first-order chi connectivity index (χ1) is 14.8. The maximum absolute atomic E-state index is 6.33. The van der Waals surface area contributed by atoms with Crippen LogP contribution in [0, 0.1) is 6.92 Å². The Morgan fingerprint density at radius 1 is 0.733 bits per heavy atom. The molecule has 2 aromatic carbocycles. The number of fused-ring (bicyclic) bond motifs is 8. The SMILES string of the molecule is Cc1ccnc2c1oc1c(-n3c4ccccc4n4c5ccccc5nc34)ccnc12. The third kappa shape index (κ3) is 1.85. The number of pyridine rings is 2. The second kappa shape index (κ2) is 5.45. The van der Waals surface area contributed by atoms with E-state index in [-0.39, 0.29) is 0 Å². The van der Waals surface area contributed by atoms with Crippen LogP contribution >= 0.6 is 0 Å². The van der Waals surface area contributed by atoms with E-state index in [9.17, 15) is 0 Å². The lowest BCUT2D eigenvalue weighted by Crippen LogP contribution is -1.96. The molecule has 0 spiro atoms. The Hall–Kier alpha value is -4.19. The van der Waals surface area contributed by atoms with Gasteiger partial charge in [0.2, 0.25) is 5.78 Å². The van der Waals surface area contributed by atoms with Crippen molar-refractivity contribution in [1.82, 2.24) is 23.9 Å². The van der Waals surface area contributed by atoms with Gasteiger partial charge in [-0.1, -0.05) is 24.3 Å². The van der Waals surface area contributed by atoms with Crippen LogP contribution in [0.4, 0.5) is 0 Å². The molecular weight excluding hydrogens is 374 g/mol. The largest absolute Gasteiger partial charge is 0.450 e. The quantitative estimate of drug-likeness (QED) is 0.376. The number of hydrogen-bond donors (Lipinski definition) is 0. The highest BCUT2D eigenvalue weighted by Crippen LogP contribution is 2.35. The molecule has 6 heteroatoms. The fourth-order valence-corrected chi connectivity index (χ4v) is 4.42. The minimum atomic E-state index is 0.713. The molecule has 0 aliphatic heterocycles. The number of rotatable bonds is 1. The summed E-state index contributed by atoms with van der Waals surface area (Å²) in [6.07, 6.45) is 3.61. The van der Waals surface area contributed by atoms with E-state index in [0.717, 1.165) is 55.7 Å². The molecular formula is C24H15N5O. The summed E-state index contributed by atoms with van der Waals surface area (Å²) in [7, 11) is 0. The zero-order chi connectivity index (χ0) is 19.8. The molecule has 0 unspecified atom stereocenters. The number of imidazole rings is 2. The summed E-state index contributed by atoms with van der Waals surface area (Å²) in [6, 6.07) is 20.5. The molecule has 7 rings (SSSR count). The lowest BCUT2D eigenvalue weighted by atomic mass is 10.2. The number of nitrogens with zero attached hydrogens (tertiary/aromatic N) is 5. The average molecular weight is 389 g/mol. The first kappa shape index (κ1) is 15.7. The number of aryl methyl sites for hydroxylation is 1. The fourth-order valence-electron chi connectivity index (χ4n) is 4.42. The van der Waals surface area contributed by atoms with Gasteiger partial charge in [-0.05, 0) is 48.9 Å². The Morgan fingerprint density at radius 3 is 2.30 bits per heavy atom. The molecule has 0 atom stereocenters. The van der Waals surface area contributed by atoms with Gasteiger partial charge >= 0.3 is 0 Å². The molecule has 0 bridgehead atoms. The van der Waals surface area contributed by atoms with Crippen molar-refractivity contribution in [1.29, 1.82) is 0 Å². The van der Waals surface area contributed by atoms with Crippen LogP contribution in [0.25, 0.3) is 55.7 Å². The number of aromatic nitrogens is 5. The van der Waals surface area contributed by atoms with Gasteiger partial charge in [-0.3, -0.25) is 18.9 Å². The molecule has 7 aromatic rings. The Morgan fingerprint density at radius 2 is 1.43 bits per heavy atom. The monoisotopic (exact) mass is 389 g/mol. The summed E-state index contributed by atoms with van der Waals surface area (Å²) in [5.41, 5.74) is 9.16. The van der Waals surface area contributed by atoms with Gasteiger partial charge in [-0.25, -0.2) is 4.98 Å².